The van der Waals surface area contributed by atoms with Gasteiger partial charge in [-0.3, -0.25) is 4.79 Å². The normalized spacial score (nSPS) is 14.9. The van der Waals surface area contributed by atoms with Gasteiger partial charge in [0.25, 0.3) is 5.91 Å². The molecule has 1 aliphatic heterocycles. The number of ether oxygens (including phenoxy) is 1. The Bertz CT molecular complexity index is 1070. The largest absolute Gasteiger partial charge is 0.496 e. The zero-order valence-electron chi connectivity index (χ0n) is 19.7. The van der Waals surface area contributed by atoms with Crippen LogP contribution in [0.1, 0.15) is 48.5 Å². The second kappa shape index (κ2) is 10.2. The number of nitrogens with zero attached hydrogens (tertiary/aromatic N) is 2. The number of methoxy groups -OCH3 is 1. The topological polar surface area (TPSA) is 58.8 Å². The maximum absolute atomic E-state index is 13.1. The average Bonchev–Trinajstić information content (AvgIpc) is 2.88. The van der Waals surface area contributed by atoms with Crippen LogP contribution in [0.5, 0.6) is 5.75 Å². The third-order valence-corrected chi connectivity index (χ3v) is 6.65. The predicted octanol–water partition coefficient (Wildman–Crippen LogP) is 5.47. The van der Waals surface area contributed by atoms with Gasteiger partial charge >= 0.3 is 0 Å². The summed E-state index contributed by atoms with van der Waals surface area (Å²) in [6, 6.07) is 24.0. The Hall–Kier alpha value is -3.15. The van der Waals surface area contributed by atoms with E-state index in [1.807, 2.05) is 60.7 Å². The molecule has 0 saturated carbocycles. The fourth-order valence-corrected chi connectivity index (χ4v) is 4.61. The number of piperidine rings is 1. The number of benzene rings is 3. The lowest BCUT2D eigenvalue weighted by molar-refractivity contribution is 0.0987. The van der Waals surface area contributed by atoms with Gasteiger partial charge in [-0.25, -0.2) is 10.9 Å². The molecule has 0 radical (unpaired) electrons. The van der Waals surface area contributed by atoms with E-state index in [4.69, 9.17) is 10.6 Å². The summed E-state index contributed by atoms with van der Waals surface area (Å²) in [5.74, 6) is 7.32. The molecule has 3 aromatic rings. The molecule has 1 fully saturated rings. The van der Waals surface area contributed by atoms with E-state index in [0.29, 0.717) is 23.2 Å². The van der Waals surface area contributed by atoms with Crippen molar-refractivity contribution >= 4 is 11.6 Å². The molecule has 0 spiro atoms. The van der Waals surface area contributed by atoms with E-state index < -0.39 is 0 Å². The van der Waals surface area contributed by atoms with Crippen LogP contribution in [-0.4, -0.2) is 37.0 Å². The molecule has 1 saturated heterocycles. The number of nitrogens with two attached hydrogens (primary N) is 1. The third kappa shape index (κ3) is 5.10. The lowest BCUT2D eigenvalue weighted by atomic mass is 9.88. The molecule has 0 atom stereocenters. The van der Waals surface area contributed by atoms with Crippen molar-refractivity contribution in [2.75, 3.05) is 25.2 Å². The van der Waals surface area contributed by atoms with Gasteiger partial charge in [0.2, 0.25) is 0 Å². The first-order chi connectivity index (χ1) is 16.0. The number of rotatable bonds is 6. The van der Waals surface area contributed by atoms with Crippen LogP contribution >= 0.6 is 0 Å². The fourth-order valence-electron chi connectivity index (χ4n) is 4.61. The monoisotopic (exact) mass is 443 g/mol. The quantitative estimate of drug-likeness (QED) is 0.312. The summed E-state index contributed by atoms with van der Waals surface area (Å²) in [5.41, 5.74) is 4.54. The molecule has 172 valence electrons. The van der Waals surface area contributed by atoms with E-state index in [2.05, 4.69) is 30.9 Å². The van der Waals surface area contributed by atoms with Crippen LogP contribution in [-0.2, 0) is 0 Å². The Morgan fingerprint density at radius 1 is 0.970 bits per heavy atom. The number of likely N-dealkylation sites (tertiary alicyclic amines) is 1. The smallest absolute Gasteiger partial charge is 0.272 e. The van der Waals surface area contributed by atoms with E-state index in [-0.39, 0.29) is 5.91 Å². The molecule has 3 aromatic carbocycles. The summed E-state index contributed by atoms with van der Waals surface area (Å²) < 4.78 is 5.65. The first-order valence-electron chi connectivity index (χ1n) is 11.6. The van der Waals surface area contributed by atoms with Gasteiger partial charge in [0.05, 0.1) is 12.8 Å². The highest BCUT2D eigenvalue weighted by Crippen LogP contribution is 2.37. The molecule has 1 aliphatic rings. The van der Waals surface area contributed by atoms with Gasteiger partial charge in [-0.15, -0.1) is 0 Å². The molecule has 2 N–H and O–H groups in total. The summed E-state index contributed by atoms with van der Waals surface area (Å²) in [7, 11) is 1.70. The highest BCUT2D eigenvalue weighted by molar-refractivity contribution is 6.05. The van der Waals surface area contributed by atoms with Crippen LogP contribution in [0.2, 0.25) is 0 Å². The highest BCUT2D eigenvalue weighted by Gasteiger charge is 2.25. The zero-order chi connectivity index (χ0) is 23.4. The standard InChI is InChI=1S/C28H33N3O2/c1-20(2)30-17-15-23(16-18-30)26-19-25(13-14-27(26)33-3)31(29)28(32)24-11-9-22(10-12-24)21-7-5-4-6-8-21/h4-14,19-20,23H,15-18,29H2,1-3H3. The molecule has 0 aliphatic carbocycles. The van der Waals surface area contributed by atoms with Crippen LogP contribution in [0.3, 0.4) is 0 Å². The maximum atomic E-state index is 13.1. The average molecular weight is 444 g/mol. The van der Waals surface area contributed by atoms with Gasteiger partial charge in [-0.05, 0) is 92.7 Å². The number of hydrazine groups is 1. The van der Waals surface area contributed by atoms with Gasteiger partial charge < -0.3 is 9.64 Å². The van der Waals surface area contributed by atoms with Gasteiger partial charge in [0.15, 0.2) is 0 Å². The molecular formula is C28H33N3O2. The summed E-state index contributed by atoms with van der Waals surface area (Å²) in [4.78, 5) is 15.6. The number of hydrogen-bond donors (Lipinski definition) is 1. The van der Waals surface area contributed by atoms with E-state index in [9.17, 15) is 4.79 Å². The fraction of sp³-hybridized carbons (Fsp3) is 0.321. The summed E-state index contributed by atoms with van der Waals surface area (Å²) in [6.07, 6.45) is 2.13. The molecule has 0 aromatic heterocycles. The van der Waals surface area contributed by atoms with Gasteiger partial charge in [0, 0.05) is 11.6 Å². The lowest BCUT2D eigenvalue weighted by Crippen LogP contribution is -2.38. The first kappa shape index (κ1) is 23.0. The minimum Gasteiger partial charge on any atom is -0.496 e. The van der Waals surface area contributed by atoms with E-state index >= 15 is 0 Å². The second-order valence-corrected chi connectivity index (χ2v) is 8.95. The molecule has 4 rings (SSSR count). The minimum absolute atomic E-state index is 0.236. The summed E-state index contributed by atoms with van der Waals surface area (Å²) >= 11 is 0. The zero-order valence-corrected chi connectivity index (χ0v) is 19.7. The summed E-state index contributed by atoms with van der Waals surface area (Å²) in [5, 5.41) is 1.24. The predicted molar refractivity (Wildman–Crippen MR) is 135 cm³/mol. The molecule has 0 bridgehead atoms. The van der Waals surface area contributed by atoms with Crippen LogP contribution < -0.4 is 15.6 Å². The van der Waals surface area contributed by atoms with Gasteiger partial charge in [0.1, 0.15) is 5.75 Å². The number of anilines is 1. The lowest BCUT2D eigenvalue weighted by Gasteiger charge is -2.35. The van der Waals surface area contributed by atoms with Crippen molar-refractivity contribution in [3.8, 4) is 16.9 Å². The Balaban J connectivity index is 1.52. The van der Waals surface area contributed by atoms with Gasteiger partial charge in [-0.2, -0.15) is 0 Å². The van der Waals surface area contributed by atoms with Crippen molar-refractivity contribution in [3.05, 3.63) is 83.9 Å². The second-order valence-electron chi connectivity index (χ2n) is 8.95. The molecule has 1 heterocycles. The SMILES string of the molecule is COc1ccc(N(N)C(=O)c2ccc(-c3ccccc3)cc2)cc1C1CCN(C(C)C)CC1. The highest BCUT2D eigenvalue weighted by atomic mass is 16.5. The van der Waals surface area contributed by atoms with E-state index in [1.165, 1.54) is 5.01 Å². The summed E-state index contributed by atoms with van der Waals surface area (Å²) in [6.45, 7) is 6.61. The Labute approximate surface area is 196 Å². The molecule has 0 unspecified atom stereocenters. The van der Waals surface area contributed by atoms with Crippen LogP contribution in [0, 0.1) is 0 Å². The molecular weight excluding hydrogens is 410 g/mol. The minimum atomic E-state index is -0.236. The molecule has 5 nitrogen and oxygen atoms in total. The number of amides is 1. The third-order valence-electron chi connectivity index (χ3n) is 6.65. The van der Waals surface area contributed by atoms with Crippen molar-refractivity contribution in [2.24, 2.45) is 5.84 Å². The Kier molecular flexibility index (Phi) is 7.11. The van der Waals surface area contributed by atoms with Gasteiger partial charge in [-0.1, -0.05) is 42.5 Å². The van der Waals surface area contributed by atoms with Crippen molar-refractivity contribution in [1.82, 2.24) is 4.90 Å². The number of carbonyl (C=O) groups excluding carboxylic acids is 1. The Morgan fingerprint density at radius 2 is 1.61 bits per heavy atom. The molecule has 5 heteroatoms. The van der Waals surface area contributed by atoms with Crippen molar-refractivity contribution in [2.45, 2.75) is 38.6 Å². The van der Waals surface area contributed by atoms with Crippen molar-refractivity contribution in [3.63, 3.8) is 0 Å². The first-order valence-corrected chi connectivity index (χ1v) is 11.6. The van der Waals surface area contributed by atoms with Crippen molar-refractivity contribution < 1.29 is 9.53 Å². The van der Waals surface area contributed by atoms with Crippen LogP contribution in [0.15, 0.2) is 72.8 Å². The van der Waals surface area contributed by atoms with Crippen LogP contribution in [0.4, 0.5) is 5.69 Å². The maximum Gasteiger partial charge on any atom is 0.272 e. The molecule has 33 heavy (non-hydrogen) atoms. The number of carbonyl (C=O) groups is 1. The van der Waals surface area contributed by atoms with Crippen molar-refractivity contribution in [1.29, 1.82) is 0 Å². The van der Waals surface area contributed by atoms with E-state index in [1.54, 1.807) is 7.11 Å². The number of hydrogen-bond acceptors (Lipinski definition) is 4. The van der Waals surface area contributed by atoms with Crippen LogP contribution in [0.25, 0.3) is 11.1 Å². The Morgan fingerprint density at radius 3 is 2.21 bits per heavy atom. The molecule has 1 amide bonds. The van der Waals surface area contributed by atoms with E-state index in [0.717, 1.165) is 48.4 Å².